The van der Waals surface area contributed by atoms with Crippen LogP contribution in [0.25, 0.3) is 11.3 Å². The lowest BCUT2D eigenvalue weighted by Gasteiger charge is -2.06. The summed E-state index contributed by atoms with van der Waals surface area (Å²) in [6.45, 7) is 4.32. The van der Waals surface area contributed by atoms with Gasteiger partial charge in [0.2, 0.25) is 0 Å². The van der Waals surface area contributed by atoms with Crippen LogP contribution in [0.15, 0.2) is 29.6 Å². The van der Waals surface area contributed by atoms with Crippen LogP contribution in [0.4, 0.5) is 0 Å². The fourth-order valence-corrected chi connectivity index (χ4v) is 3.52. The van der Waals surface area contributed by atoms with Gasteiger partial charge in [-0.25, -0.2) is 4.98 Å². The number of nitrogens with zero attached hydrogens (tertiary/aromatic N) is 3. The number of hydrogen-bond acceptors (Lipinski definition) is 4. The Balaban J connectivity index is 1.58. The first-order chi connectivity index (χ1) is 12.0. The highest BCUT2D eigenvalue weighted by atomic mass is 35.5. The highest BCUT2D eigenvalue weighted by Gasteiger charge is 2.18. The van der Waals surface area contributed by atoms with Gasteiger partial charge in [0.05, 0.1) is 22.0 Å². The highest BCUT2D eigenvalue weighted by molar-refractivity contribution is 7.09. The van der Waals surface area contributed by atoms with Crippen molar-refractivity contribution in [3.63, 3.8) is 0 Å². The fraction of sp³-hybridized carbons (Fsp3) is 0.278. The molecular weight excluding hydrogens is 356 g/mol. The van der Waals surface area contributed by atoms with Crippen LogP contribution in [-0.2, 0) is 13.5 Å². The molecule has 3 rings (SSSR count). The van der Waals surface area contributed by atoms with E-state index in [9.17, 15) is 4.79 Å². The summed E-state index contributed by atoms with van der Waals surface area (Å²) in [5.74, 6) is -0.190. The molecule has 3 aromatic rings. The second kappa shape index (κ2) is 7.37. The maximum atomic E-state index is 12.3. The molecule has 0 aliphatic carbocycles. The maximum Gasteiger partial charge on any atom is 0.256 e. The number of aryl methyl sites for hydroxylation is 3. The molecule has 0 radical (unpaired) electrons. The average Bonchev–Trinajstić information content (AvgIpc) is 3.12. The number of aromatic nitrogens is 3. The van der Waals surface area contributed by atoms with Gasteiger partial charge >= 0.3 is 0 Å². The Bertz CT molecular complexity index is 898. The van der Waals surface area contributed by atoms with Crippen molar-refractivity contribution < 1.29 is 4.79 Å². The predicted molar refractivity (Wildman–Crippen MR) is 101 cm³/mol. The Labute approximate surface area is 155 Å². The summed E-state index contributed by atoms with van der Waals surface area (Å²) in [6.07, 6.45) is 0.749. The van der Waals surface area contributed by atoms with Crippen molar-refractivity contribution in [2.75, 3.05) is 6.54 Å². The zero-order valence-electron chi connectivity index (χ0n) is 14.3. The monoisotopic (exact) mass is 374 g/mol. The molecule has 5 nitrogen and oxygen atoms in total. The number of rotatable bonds is 5. The summed E-state index contributed by atoms with van der Waals surface area (Å²) in [5, 5.41) is 10.5. The topological polar surface area (TPSA) is 59.8 Å². The molecule has 2 aromatic heterocycles. The number of amides is 1. The Kier molecular flexibility index (Phi) is 5.20. The first kappa shape index (κ1) is 17.6. The van der Waals surface area contributed by atoms with Crippen molar-refractivity contribution in [1.29, 1.82) is 0 Å². The Morgan fingerprint density at radius 2 is 2.00 bits per heavy atom. The smallest absolute Gasteiger partial charge is 0.256 e. The minimum absolute atomic E-state index is 0.190. The number of carbonyl (C=O) groups is 1. The molecule has 0 spiro atoms. The molecule has 0 aliphatic rings. The minimum atomic E-state index is -0.190. The third-order valence-electron chi connectivity index (χ3n) is 3.95. The summed E-state index contributed by atoms with van der Waals surface area (Å²) >= 11 is 7.76. The van der Waals surface area contributed by atoms with Crippen LogP contribution in [0.5, 0.6) is 0 Å². The molecule has 130 valence electrons. The largest absolute Gasteiger partial charge is 0.352 e. The van der Waals surface area contributed by atoms with Gasteiger partial charge in [-0.15, -0.1) is 11.3 Å². The molecule has 1 aromatic carbocycles. The molecule has 0 fully saturated rings. The van der Waals surface area contributed by atoms with E-state index in [1.165, 1.54) is 4.68 Å². The lowest BCUT2D eigenvalue weighted by atomic mass is 10.1. The lowest BCUT2D eigenvalue weighted by molar-refractivity contribution is 0.0953. The first-order valence-electron chi connectivity index (χ1n) is 7.94. The number of benzene rings is 1. The Morgan fingerprint density at radius 3 is 2.56 bits per heavy atom. The third kappa shape index (κ3) is 3.91. The van der Waals surface area contributed by atoms with E-state index in [4.69, 9.17) is 11.6 Å². The standard InChI is InChI=1S/C18H19ClN4OS/c1-11-16(17(19)23(3)22-11)18(24)20-9-8-13-4-6-14(7-5-13)15-10-25-12(2)21-15/h4-7,10H,8-9H2,1-3H3,(H,20,24). The lowest BCUT2D eigenvalue weighted by Crippen LogP contribution is -2.26. The molecule has 0 atom stereocenters. The van der Waals surface area contributed by atoms with Crippen molar-refractivity contribution >= 4 is 28.8 Å². The molecule has 1 amide bonds. The van der Waals surface area contributed by atoms with Gasteiger partial charge in [-0.05, 0) is 25.8 Å². The van der Waals surface area contributed by atoms with E-state index in [1.54, 1.807) is 25.3 Å². The van der Waals surface area contributed by atoms with Crippen molar-refractivity contribution in [3.05, 3.63) is 56.6 Å². The van der Waals surface area contributed by atoms with E-state index in [0.717, 1.165) is 28.2 Å². The van der Waals surface area contributed by atoms with Crippen LogP contribution in [0, 0.1) is 13.8 Å². The van der Waals surface area contributed by atoms with Crippen LogP contribution in [-0.4, -0.2) is 27.2 Å². The molecular formula is C18H19ClN4OS. The minimum Gasteiger partial charge on any atom is -0.352 e. The summed E-state index contributed by atoms with van der Waals surface area (Å²) in [5.41, 5.74) is 4.34. The van der Waals surface area contributed by atoms with Gasteiger partial charge in [-0.3, -0.25) is 9.48 Å². The van der Waals surface area contributed by atoms with Gasteiger partial charge in [0.1, 0.15) is 5.15 Å². The second-order valence-electron chi connectivity index (χ2n) is 5.83. The second-order valence-corrected chi connectivity index (χ2v) is 7.25. The van der Waals surface area contributed by atoms with Crippen LogP contribution in [0.1, 0.15) is 26.6 Å². The summed E-state index contributed by atoms with van der Waals surface area (Å²) < 4.78 is 1.50. The number of nitrogens with one attached hydrogen (secondary N) is 1. The molecule has 0 saturated carbocycles. The number of thiazole rings is 1. The summed E-state index contributed by atoms with van der Waals surface area (Å²) in [6, 6.07) is 8.26. The van der Waals surface area contributed by atoms with Crippen molar-refractivity contribution in [3.8, 4) is 11.3 Å². The van der Waals surface area contributed by atoms with E-state index in [0.29, 0.717) is 23.0 Å². The zero-order valence-corrected chi connectivity index (χ0v) is 15.9. The molecule has 7 heteroatoms. The fourth-order valence-electron chi connectivity index (χ4n) is 2.63. The third-order valence-corrected chi connectivity index (χ3v) is 5.15. The Morgan fingerprint density at radius 1 is 1.28 bits per heavy atom. The van der Waals surface area contributed by atoms with Crippen LogP contribution in [0.3, 0.4) is 0 Å². The molecule has 0 saturated heterocycles. The quantitative estimate of drug-likeness (QED) is 0.739. The predicted octanol–water partition coefficient (Wildman–Crippen LogP) is 3.79. The van der Waals surface area contributed by atoms with E-state index < -0.39 is 0 Å². The van der Waals surface area contributed by atoms with Gasteiger partial charge in [0.25, 0.3) is 5.91 Å². The molecule has 25 heavy (non-hydrogen) atoms. The van der Waals surface area contributed by atoms with E-state index in [-0.39, 0.29) is 5.91 Å². The molecule has 2 heterocycles. The van der Waals surface area contributed by atoms with Gasteiger partial charge in [0, 0.05) is 24.5 Å². The van der Waals surface area contributed by atoms with Crippen molar-refractivity contribution in [1.82, 2.24) is 20.1 Å². The van der Waals surface area contributed by atoms with Crippen molar-refractivity contribution in [2.45, 2.75) is 20.3 Å². The van der Waals surface area contributed by atoms with Gasteiger partial charge in [-0.2, -0.15) is 5.10 Å². The summed E-state index contributed by atoms with van der Waals surface area (Å²) in [7, 11) is 1.72. The van der Waals surface area contributed by atoms with Crippen LogP contribution in [0.2, 0.25) is 5.15 Å². The number of carbonyl (C=O) groups excluding carboxylic acids is 1. The van der Waals surface area contributed by atoms with Crippen LogP contribution >= 0.6 is 22.9 Å². The number of halogens is 1. The van der Waals surface area contributed by atoms with Gasteiger partial charge < -0.3 is 5.32 Å². The average molecular weight is 375 g/mol. The van der Waals surface area contributed by atoms with Crippen molar-refractivity contribution in [2.24, 2.45) is 7.05 Å². The Hall–Kier alpha value is -2.18. The normalized spacial score (nSPS) is 10.9. The molecule has 0 aliphatic heterocycles. The van der Waals surface area contributed by atoms with Gasteiger partial charge in [0.15, 0.2) is 0 Å². The summed E-state index contributed by atoms with van der Waals surface area (Å²) in [4.78, 5) is 16.8. The molecule has 0 bridgehead atoms. The van der Waals surface area contributed by atoms with Gasteiger partial charge in [-0.1, -0.05) is 35.9 Å². The van der Waals surface area contributed by atoms with E-state index >= 15 is 0 Å². The molecule has 0 unspecified atom stereocenters. The first-order valence-corrected chi connectivity index (χ1v) is 9.20. The van der Waals surface area contributed by atoms with E-state index in [1.807, 2.05) is 6.92 Å². The highest BCUT2D eigenvalue weighted by Crippen LogP contribution is 2.22. The van der Waals surface area contributed by atoms with E-state index in [2.05, 4.69) is 45.0 Å². The van der Waals surface area contributed by atoms with Crippen LogP contribution < -0.4 is 5.32 Å². The number of hydrogen-bond donors (Lipinski definition) is 1. The molecule has 1 N–H and O–H groups in total. The maximum absolute atomic E-state index is 12.3. The zero-order chi connectivity index (χ0) is 18.0. The SMILES string of the molecule is Cc1nc(-c2ccc(CCNC(=O)c3c(C)nn(C)c3Cl)cc2)cs1.